The molecular formula is C21H19Cl2N3OS. The van der Waals surface area contributed by atoms with E-state index in [2.05, 4.69) is 10.3 Å². The number of nitrogens with one attached hydrogen (secondary N) is 1. The maximum Gasteiger partial charge on any atom is 0.174 e. The highest BCUT2D eigenvalue weighted by molar-refractivity contribution is 7.80. The second-order valence-corrected chi connectivity index (χ2v) is 7.29. The molecule has 3 rings (SSSR count). The largest absolute Gasteiger partial charge is 0.495 e. The molecule has 1 heterocycles. The van der Waals surface area contributed by atoms with E-state index in [1.54, 1.807) is 25.4 Å². The molecule has 28 heavy (non-hydrogen) atoms. The second kappa shape index (κ2) is 9.73. The van der Waals surface area contributed by atoms with Crippen LogP contribution in [0.1, 0.15) is 11.1 Å². The molecule has 0 aliphatic carbocycles. The lowest BCUT2D eigenvalue weighted by Crippen LogP contribution is -2.34. The lowest BCUT2D eigenvalue weighted by Gasteiger charge is -2.26. The molecule has 2 aromatic carbocycles. The van der Waals surface area contributed by atoms with E-state index in [9.17, 15) is 0 Å². The third kappa shape index (κ3) is 5.35. The van der Waals surface area contributed by atoms with Gasteiger partial charge in [-0.25, -0.2) is 0 Å². The number of rotatable bonds is 6. The SMILES string of the molecule is COc1ccc(NC(=S)N(Cc2cccnc2)Cc2ccccc2Cl)cc1Cl. The summed E-state index contributed by atoms with van der Waals surface area (Å²) >= 11 is 18.3. The number of halogens is 2. The van der Waals surface area contributed by atoms with Crippen LogP contribution in [0.15, 0.2) is 67.0 Å². The minimum absolute atomic E-state index is 0.514. The summed E-state index contributed by atoms with van der Waals surface area (Å²) in [6, 6.07) is 17.1. The molecule has 144 valence electrons. The summed E-state index contributed by atoms with van der Waals surface area (Å²) in [5, 5.41) is 5.03. The van der Waals surface area contributed by atoms with Crippen LogP contribution in [-0.4, -0.2) is 22.1 Å². The molecule has 4 nitrogen and oxygen atoms in total. The molecule has 3 aromatic rings. The van der Waals surface area contributed by atoms with Gasteiger partial charge in [-0.05, 0) is 53.7 Å². The number of methoxy groups -OCH3 is 1. The smallest absolute Gasteiger partial charge is 0.174 e. The van der Waals surface area contributed by atoms with Crippen LogP contribution < -0.4 is 10.1 Å². The van der Waals surface area contributed by atoms with Crippen molar-refractivity contribution in [3.63, 3.8) is 0 Å². The standard InChI is InChI=1S/C21H19Cl2N3OS/c1-27-20-9-8-17(11-19(20)23)25-21(28)26(13-15-5-4-10-24-12-15)14-16-6-2-3-7-18(16)22/h2-12H,13-14H2,1H3,(H,25,28). The molecule has 0 radical (unpaired) electrons. The molecule has 7 heteroatoms. The van der Waals surface area contributed by atoms with Crippen molar-refractivity contribution in [3.05, 3.63) is 88.2 Å². The number of benzene rings is 2. The number of ether oxygens (including phenoxy) is 1. The lowest BCUT2D eigenvalue weighted by molar-refractivity contribution is 0.412. The third-order valence-corrected chi connectivity index (χ3v) is 5.13. The summed E-state index contributed by atoms with van der Waals surface area (Å²) in [6.45, 7) is 1.15. The minimum atomic E-state index is 0.514. The highest BCUT2D eigenvalue weighted by Gasteiger charge is 2.14. The van der Waals surface area contributed by atoms with Crippen LogP contribution in [-0.2, 0) is 13.1 Å². The molecular weight excluding hydrogens is 413 g/mol. The monoisotopic (exact) mass is 431 g/mol. The maximum absolute atomic E-state index is 6.36. The van der Waals surface area contributed by atoms with E-state index in [1.165, 1.54) is 0 Å². The van der Waals surface area contributed by atoms with E-state index in [1.807, 2.05) is 53.6 Å². The first-order valence-corrected chi connectivity index (χ1v) is 9.75. The first-order chi connectivity index (χ1) is 13.6. The number of nitrogens with zero attached hydrogens (tertiary/aromatic N) is 2. The van der Waals surface area contributed by atoms with Gasteiger partial charge in [0.2, 0.25) is 0 Å². The Hall–Kier alpha value is -2.34. The molecule has 0 aliphatic rings. The zero-order chi connectivity index (χ0) is 19.9. The molecule has 1 N–H and O–H groups in total. The summed E-state index contributed by atoms with van der Waals surface area (Å²) in [7, 11) is 1.58. The Balaban J connectivity index is 1.81. The fourth-order valence-corrected chi connectivity index (χ4v) is 3.39. The Bertz CT molecular complexity index is 953. The zero-order valence-corrected chi connectivity index (χ0v) is 17.6. The van der Waals surface area contributed by atoms with Crippen molar-refractivity contribution < 1.29 is 4.74 Å². The Morgan fingerprint density at radius 3 is 2.57 bits per heavy atom. The van der Waals surface area contributed by atoms with Crippen molar-refractivity contribution in [2.45, 2.75) is 13.1 Å². The number of thiocarbonyl (C=S) groups is 1. The molecule has 0 spiro atoms. The van der Waals surface area contributed by atoms with Gasteiger partial charge in [0, 0.05) is 36.2 Å². The van der Waals surface area contributed by atoms with Gasteiger partial charge in [0.05, 0.1) is 12.1 Å². The molecule has 1 aromatic heterocycles. The number of aromatic nitrogens is 1. The number of hydrogen-bond donors (Lipinski definition) is 1. The van der Waals surface area contributed by atoms with Crippen molar-refractivity contribution in [1.82, 2.24) is 9.88 Å². The molecule has 0 aliphatic heterocycles. The fraction of sp³-hybridized carbons (Fsp3) is 0.143. The van der Waals surface area contributed by atoms with Crippen LogP contribution in [0.2, 0.25) is 10.0 Å². The van der Waals surface area contributed by atoms with Gasteiger partial charge in [0.25, 0.3) is 0 Å². The topological polar surface area (TPSA) is 37.4 Å². The molecule has 0 saturated heterocycles. The van der Waals surface area contributed by atoms with E-state index in [4.69, 9.17) is 40.2 Å². The van der Waals surface area contributed by atoms with Gasteiger partial charge in [0.1, 0.15) is 5.75 Å². The zero-order valence-electron chi connectivity index (χ0n) is 15.2. The number of hydrogen-bond acceptors (Lipinski definition) is 3. The Morgan fingerprint density at radius 2 is 1.89 bits per heavy atom. The molecule has 0 saturated carbocycles. The lowest BCUT2D eigenvalue weighted by atomic mass is 10.2. The first-order valence-electron chi connectivity index (χ1n) is 8.58. The molecule has 0 unspecified atom stereocenters. The van der Waals surface area contributed by atoms with E-state index in [0.717, 1.165) is 16.8 Å². The van der Waals surface area contributed by atoms with E-state index < -0.39 is 0 Å². The van der Waals surface area contributed by atoms with E-state index in [-0.39, 0.29) is 0 Å². The van der Waals surface area contributed by atoms with Crippen LogP contribution >= 0.6 is 35.4 Å². The second-order valence-electron chi connectivity index (χ2n) is 6.09. The quantitative estimate of drug-likeness (QED) is 0.499. The normalized spacial score (nSPS) is 10.4. The summed E-state index contributed by atoms with van der Waals surface area (Å²) in [4.78, 5) is 6.22. The molecule has 0 atom stereocenters. The van der Waals surface area contributed by atoms with Gasteiger partial charge in [0.15, 0.2) is 5.11 Å². The number of anilines is 1. The van der Waals surface area contributed by atoms with Gasteiger partial charge < -0.3 is 15.0 Å². The Labute approximate surface area is 180 Å². The third-order valence-electron chi connectivity index (χ3n) is 4.11. The van der Waals surface area contributed by atoms with Crippen LogP contribution in [0, 0.1) is 0 Å². The summed E-state index contributed by atoms with van der Waals surface area (Å²) < 4.78 is 5.20. The van der Waals surface area contributed by atoms with Gasteiger partial charge in [-0.2, -0.15) is 0 Å². The summed E-state index contributed by atoms with van der Waals surface area (Å²) in [5.41, 5.74) is 2.82. The predicted octanol–water partition coefficient (Wildman–Crippen LogP) is 5.80. The van der Waals surface area contributed by atoms with Crippen molar-refractivity contribution in [2.24, 2.45) is 0 Å². The van der Waals surface area contributed by atoms with Gasteiger partial charge >= 0.3 is 0 Å². The Morgan fingerprint density at radius 1 is 1.07 bits per heavy atom. The van der Waals surface area contributed by atoms with Crippen molar-refractivity contribution in [2.75, 3.05) is 12.4 Å². The van der Waals surface area contributed by atoms with Gasteiger partial charge in [-0.1, -0.05) is 47.5 Å². The molecule has 0 bridgehead atoms. The van der Waals surface area contributed by atoms with Crippen molar-refractivity contribution in [3.8, 4) is 5.75 Å². The van der Waals surface area contributed by atoms with Crippen LogP contribution in [0.3, 0.4) is 0 Å². The van der Waals surface area contributed by atoms with Crippen LogP contribution in [0.25, 0.3) is 0 Å². The van der Waals surface area contributed by atoms with E-state index in [0.29, 0.717) is 34.0 Å². The van der Waals surface area contributed by atoms with Gasteiger partial charge in [-0.15, -0.1) is 0 Å². The number of pyridine rings is 1. The van der Waals surface area contributed by atoms with Gasteiger partial charge in [-0.3, -0.25) is 4.98 Å². The maximum atomic E-state index is 6.36. The van der Waals surface area contributed by atoms with Crippen molar-refractivity contribution >= 4 is 46.2 Å². The minimum Gasteiger partial charge on any atom is -0.495 e. The van der Waals surface area contributed by atoms with Crippen molar-refractivity contribution in [1.29, 1.82) is 0 Å². The average molecular weight is 432 g/mol. The highest BCUT2D eigenvalue weighted by atomic mass is 35.5. The first kappa shape index (κ1) is 20.4. The molecule has 0 fully saturated rings. The van der Waals surface area contributed by atoms with Crippen LogP contribution in [0.5, 0.6) is 5.75 Å². The van der Waals surface area contributed by atoms with E-state index >= 15 is 0 Å². The molecule has 0 amide bonds. The van der Waals surface area contributed by atoms with Crippen LogP contribution in [0.4, 0.5) is 5.69 Å². The summed E-state index contributed by atoms with van der Waals surface area (Å²) in [5.74, 6) is 0.612. The summed E-state index contributed by atoms with van der Waals surface area (Å²) in [6.07, 6.45) is 3.57. The highest BCUT2D eigenvalue weighted by Crippen LogP contribution is 2.27. The predicted molar refractivity (Wildman–Crippen MR) is 119 cm³/mol. The fourth-order valence-electron chi connectivity index (χ4n) is 2.69. The Kier molecular flexibility index (Phi) is 7.09. The average Bonchev–Trinajstić information content (AvgIpc) is 2.70.